The standard InChI is InChI=1S/C15H20N2O4/c1-10-5-6-12(11(2)8-10)21-9-14(18)16-17-15(19)13-4-3-7-20-13/h5-6,8,13H,3-4,7,9H2,1-2H3,(H,16,18)(H,17,19)/t13-/m1/s1. The molecule has 1 aliphatic rings. The van der Waals surface area contributed by atoms with E-state index in [0.29, 0.717) is 18.8 Å². The third-order valence-corrected chi connectivity index (χ3v) is 3.24. The summed E-state index contributed by atoms with van der Waals surface area (Å²) >= 11 is 0. The fourth-order valence-corrected chi connectivity index (χ4v) is 2.14. The van der Waals surface area contributed by atoms with Crippen molar-refractivity contribution in [3.8, 4) is 5.75 Å². The van der Waals surface area contributed by atoms with Crippen molar-refractivity contribution in [3.63, 3.8) is 0 Å². The van der Waals surface area contributed by atoms with Crippen molar-refractivity contribution in [3.05, 3.63) is 29.3 Å². The van der Waals surface area contributed by atoms with Crippen LogP contribution in [0.3, 0.4) is 0 Å². The molecular formula is C15H20N2O4. The predicted molar refractivity (Wildman–Crippen MR) is 76.7 cm³/mol. The summed E-state index contributed by atoms with van der Waals surface area (Å²) in [7, 11) is 0. The summed E-state index contributed by atoms with van der Waals surface area (Å²) in [6.45, 7) is 4.33. The van der Waals surface area contributed by atoms with Gasteiger partial charge in [0, 0.05) is 6.61 Å². The van der Waals surface area contributed by atoms with Gasteiger partial charge in [-0.15, -0.1) is 0 Å². The van der Waals surface area contributed by atoms with Crippen molar-refractivity contribution in [1.29, 1.82) is 0 Å². The predicted octanol–water partition coefficient (Wildman–Crippen LogP) is 1.01. The third-order valence-electron chi connectivity index (χ3n) is 3.24. The molecule has 0 aliphatic carbocycles. The van der Waals surface area contributed by atoms with Crippen LogP contribution in [-0.2, 0) is 14.3 Å². The van der Waals surface area contributed by atoms with Gasteiger partial charge < -0.3 is 9.47 Å². The van der Waals surface area contributed by atoms with E-state index < -0.39 is 12.0 Å². The fraction of sp³-hybridized carbons (Fsp3) is 0.467. The number of hydrogen-bond donors (Lipinski definition) is 2. The van der Waals surface area contributed by atoms with E-state index in [-0.39, 0.29) is 12.5 Å². The molecule has 6 nitrogen and oxygen atoms in total. The van der Waals surface area contributed by atoms with Gasteiger partial charge in [0.2, 0.25) is 0 Å². The summed E-state index contributed by atoms with van der Waals surface area (Å²) < 4.78 is 10.6. The molecule has 6 heteroatoms. The van der Waals surface area contributed by atoms with Crippen LogP contribution in [0.2, 0.25) is 0 Å². The average molecular weight is 292 g/mol. The molecule has 2 N–H and O–H groups in total. The van der Waals surface area contributed by atoms with E-state index in [9.17, 15) is 9.59 Å². The molecule has 2 amide bonds. The summed E-state index contributed by atoms with van der Waals surface area (Å²) in [5.74, 6) is -0.0881. The van der Waals surface area contributed by atoms with Crippen LogP contribution in [0, 0.1) is 13.8 Å². The Morgan fingerprint density at radius 2 is 2.14 bits per heavy atom. The molecule has 0 saturated carbocycles. The maximum absolute atomic E-state index is 11.6. The minimum atomic E-state index is -0.467. The largest absolute Gasteiger partial charge is 0.483 e. The van der Waals surface area contributed by atoms with E-state index in [1.54, 1.807) is 0 Å². The third kappa shape index (κ3) is 4.46. The number of aryl methyl sites for hydroxylation is 2. The second-order valence-electron chi connectivity index (χ2n) is 5.10. The Kier molecular flexibility index (Phi) is 5.16. The van der Waals surface area contributed by atoms with Crippen molar-refractivity contribution in [2.45, 2.75) is 32.8 Å². The topological polar surface area (TPSA) is 76.7 Å². The highest BCUT2D eigenvalue weighted by Gasteiger charge is 2.23. The molecule has 1 fully saturated rings. The smallest absolute Gasteiger partial charge is 0.276 e. The normalized spacial score (nSPS) is 17.3. The molecule has 21 heavy (non-hydrogen) atoms. The summed E-state index contributed by atoms with van der Waals surface area (Å²) in [5.41, 5.74) is 6.75. The van der Waals surface area contributed by atoms with Crippen LogP contribution < -0.4 is 15.6 Å². The lowest BCUT2D eigenvalue weighted by molar-refractivity contribution is -0.135. The average Bonchev–Trinajstić information content (AvgIpc) is 2.98. The molecule has 1 aliphatic heterocycles. The highest BCUT2D eigenvalue weighted by atomic mass is 16.5. The highest BCUT2D eigenvalue weighted by molar-refractivity contribution is 5.85. The van der Waals surface area contributed by atoms with Gasteiger partial charge in [-0.1, -0.05) is 17.7 Å². The van der Waals surface area contributed by atoms with Gasteiger partial charge in [-0.2, -0.15) is 0 Å². The Morgan fingerprint density at radius 1 is 1.33 bits per heavy atom. The van der Waals surface area contributed by atoms with Crippen LogP contribution in [0.4, 0.5) is 0 Å². The van der Waals surface area contributed by atoms with Crippen LogP contribution in [0.1, 0.15) is 24.0 Å². The van der Waals surface area contributed by atoms with E-state index in [1.165, 1.54) is 0 Å². The maximum Gasteiger partial charge on any atom is 0.276 e. The molecule has 114 valence electrons. The second-order valence-corrected chi connectivity index (χ2v) is 5.10. The van der Waals surface area contributed by atoms with Crippen LogP contribution in [-0.4, -0.2) is 31.1 Å². The number of carbonyl (C=O) groups is 2. The molecule has 0 aromatic heterocycles. The quantitative estimate of drug-likeness (QED) is 0.812. The maximum atomic E-state index is 11.6. The SMILES string of the molecule is Cc1ccc(OCC(=O)NNC(=O)[C@H]2CCCO2)c(C)c1. The number of amides is 2. The van der Waals surface area contributed by atoms with Gasteiger partial charge in [0.15, 0.2) is 6.61 Å². The first-order valence-electron chi connectivity index (χ1n) is 6.96. The molecule has 0 unspecified atom stereocenters. The first kappa shape index (κ1) is 15.3. The number of benzene rings is 1. The molecule has 1 aromatic carbocycles. The van der Waals surface area contributed by atoms with E-state index in [0.717, 1.165) is 17.5 Å². The molecule has 1 saturated heterocycles. The van der Waals surface area contributed by atoms with Gasteiger partial charge in [-0.3, -0.25) is 20.4 Å². The van der Waals surface area contributed by atoms with Crippen LogP contribution in [0.5, 0.6) is 5.75 Å². The van der Waals surface area contributed by atoms with Gasteiger partial charge in [0.1, 0.15) is 11.9 Å². The minimum Gasteiger partial charge on any atom is -0.483 e. The van der Waals surface area contributed by atoms with Crippen molar-refractivity contribution < 1.29 is 19.1 Å². The number of hydrazine groups is 1. The van der Waals surface area contributed by atoms with Crippen LogP contribution in [0.25, 0.3) is 0 Å². The lowest BCUT2D eigenvalue weighted by Crippen LogP contribution is -2.47. The molecule has 1 atom stereocenters. The minimum absolute atomic E-state index is 0.157. The monoisotopic (exact) mass is 292 g/mol. The molecule has 0 radical (unpaired) electrons. The number of nitrogens with one attached hydrogen (secondary N) is 2. The summed E-state index contributed by atoms with van der Waals surface area (Å²) in [5, 5.41) is 0. The van der Waals surface area contributed by atoms with Gasteiger partial charge in [0.05, 0.1) is 0 Å². The summed E-state index contributed by atoms with van der Waals surface area (Å²) in [4.78, 5) is 23.2. The van der Waals surface area contributed by atoms with E-state index in [2.05, 4.69) is 10.9 Å². The zero-order chi connectivity index (χ0) is 15.2. The zero-order valence-electron chi connectivity index (χ0n) is 12.3. The van der Waals surface area contributed by atoms with E-state index in [4.69, 9.17) is 9.47 Å². The first-order chi connectivity index (χ1) is 10.1. The highest BCUT2D eigenvalue weighted by Crippen LogP contribution is 2.18. The first-order valence-corrected chi connectivity index (χ1v) is 6.96. The molecule has 0 bridgehead atoms. The van der Waals surface area contributed by atoms with Crippen LogP contribution >= 0.6 is 0 Å². The van der Waals surface area contributed by atoms with E-state index in [1.807, 2.05) is 32.0 Å². The van der Waals surface area contributed by atoms with Crippen molar-refractivity contribution in [1.82, 2.24) is 10.9 Å². The van der Waals surface area contributed by atoms with E-state index >= 15 is 0 Å². The zero-order valence-corrected chi connectivity index (χ0v) is 12.3. The van der Waals surface area contributed by atoms with Gasteiger partial charge in [-0.05, 0) is 38.3 Å². The summed E-state index contributed by atoms with van der Waals surface area (Å²) in [6.07, 6.45) is 1.08. The van der Waals surface area contributed by atoms with Crippen molar-refractivity contribution >= 4 is 11.8 Å². The summed E-state index contributed by atoms with van der Waals surface area (Å²) in [6, 6.07) is 5.72. The molecule has 1 heterocycles. The Bertz CT molecular complexity index is 524. The molecule has 1 aromatic rings. The molecule has 0 spiro atoms. The fourth-order valence-electron chi connectivity index (χ4n) is 2.14. The van der Waals surface area contributed by atoms with Gasteiger partial charge in [0.25, 0.3) is 11.8 Å². The van der Waals surface area contributed by atoms with Crippen molar-refractivity contribution in [2.75, 3.05) is 13.2 Å². The Balaban J connectivity index is 1.73. The Hall–Kier alpha value is -2.08. The molecule has 2 rings (SSSR count). The van der Waals surface area contributed by atoms with Gasteiger partial charge in [-0.25, -0.2) is 0 Å². The van der Waals surface area contributed by atoms with Crippen LogP contribution in [0.15, 0.2) is 18.2 Å². The number of rotatable bonds is 4. The van der Waals surface area contributed by atoms with Crippen molar-refractivity contribution in [2.24, 2.45) is 0 Å². The number of hydrogen-bond acceptors (Lipinski definition) is 4. The second kappa shape index (κ2) is 7.08. The number of ether oxygens (including phenoxy) is 2. The Labute approximate surface area is 123 Å². The molecular weight excluding hydrogens is 272 g/mol. The Morgan fingerprint density at radius 3 is 2.81 bits per heavy atom. The lowest BCUT2D eigenvalue weighted by Gasteiger charge is -2.12. The lowest BCUT2D eigenvalue weighted by atomic mass is 10.1. The number of carbonyl (C=O) groups excluding carboxylic acids is 2. The van der Waals surface area contributed by atoms with Gasteiger partial charge >= 0.3 is 0 Å².